The Morgan fingerprint density at radius 1 is 1.23 bits per heavy atom. The second-order valence-corrected chi connectivity index (χ2v) is 2.61. The van der Waals surface area contributed by atoms with Gasteiger partial charge in [0.05, 0.1) is 5.69 Å². The molecule has 0 aromatic carbocycles. The lowest BCUT2D eigenvalue weighted by Crippen LogP contribution is -2.02. The van der Waals surface area contributed by atoms with Crippen LogP contribution in [0, 0.1) is 0 Å². The van der Waals surface area contributed by atoms with Gasteiger partial charge in [-0.1, -0.05) is 6.92 Å². The van der Waals surface area contributed by atoms with Crippen molar-refractivity contribution in [3.63, 3.8) is 0 Å². The predicted molar refractivity (Wildman–Crippen MR) is 48.9 cm³/mol. The molecule has 5 nitrogen and oxygen atoms in total. The van der Waals surface area contributed by atoms with Gasteiger partial charge in [0.25, 0.3) is 0 Å². The Labute approximate surface area is 75.1 Å². The van der Waals surface area contributed by atoms with Crippen molar-refractivity contribution >= 4 is 17.1 Å². The maximum atomic E-state index is 5.51. The molecule has 5 heteroatoms. The van der Waals surface area contributed by atoms with Gasteiger partial charge >= 0.3 is 0 Å². The molecule has 0 radical (unpaired) electrons. The fraction of sp³-hybridized carbons (Fsp3) is 0.250. The van der Waals surface area contributed by atoms with Gasteiger partial charge in [-0.25, -0.2) is 15.0 Å². The largest absolute Gasteiger partial charge is 0.368 e. The molecule has 2 heterocycles. The van der Waals surface area contributed by atoms with Gasteiger partial charge in [-0.05, 0) is 6.42 Å². The lowest BCUT2D eigenvalue weighted by atomic mass is 10.3. The Bertz CT molecular complexity index is 439. The van der Waals surface area contributed by atoms with Gasteiger partial charge in [0, 0.05) is 12.4 Å². The van der Waals surface area contributed by atoms with E-state index in [0.29, 0.717) is 5.65 Å². The zero-order valence-electron chi connectivity index (χ0n) is 7.23. The number of rotatable bonds is 1. The Kier molecular flexibility index (Phi) is 1.77. The van der Waals surface area contributed by atoms with Gasteiger partial charge in [0.15, 0.2) is 5.65 Å². The van der Waals surface area contributed by atoms with Gasteiger partial charge in [-0.15, -0.1) is 0 Å². The molecule has 2 rings (SSSR count). The molecule has 0 fully saturated rings. The second kappa shape index (κ2) is 2.93. The quantitative estimate of drug-likeness (QED) is 0.685. The van der Waals surface area contributed by atoms with Crippen LogP contribution in [0.25, 0.3) is 11.2 Å². The number of hydrogen-bond acceptors (Lipinski definition) is 5. The zero-order chi connectivity index (χ0) is 9.26. The Balaban J connectivity index is 2.81. The van der Waals surface area contributed by atoms with E-state index in [-0.39, 0.29) is 5.95 Å². The third-order valence-electron chi connectivity index (χ3n) is 1.76. The minimum atomic E-state index is 0.254. The summed E-state index contributed by atoms with van der Waals surface area (Å²) < 4.78 is 0. The molecule has 0 spiro atoms. The molecule has 0 saturated carbocycles. The number of aromatic nitrogens is 4. The summed E-state index contributed by atoms with van der Waals surface area (Å²) in [4.78, 5) is 16.3. The van der Waals surface area contributed by atoms with Crippen LogP contribution in [-0.4, -0.2) is 19.9 Å². The number of nitrogens with two attached hydrogens (primary N) is 1. The number of nitrogens with zero attached hydrogens (tertiary/aromatic N) is 4. The number of nitrogen functional groups attached to an aromatic ring is 1. The highest BCUT2D eigenvalue weighted by molar-refractivity contribution is 5.72. The lowest BCUT2D eigenvalue weighted by molar-refractivity contribution is 1.02. The summed E-state index contributed by atoms with van der Waals surface area (Å²) in [6.07, 6.45) is 4.00. The maximum absolute atomic E-state index is 5.51. The van der Waals surface area contributed by atoms with Crippen LogP contribution in [0.1, 0.15) is 12.6 Å². The van der Waals surface area contributed by atoms with Crippen molar-refractivity contribution in [1.29, 1.82) is 0 Å². The van der Waals surface area contributed by atoms with Crippen molar-refractivity contribution in [1.82, 2.24) is 19.9 Å². The van der Waals surface area contributed by atoms with Crippen molar-refractivity contribution in [2.24, 2.45) is 0 Å². The van der Waals surface area contributed by atoms with Crippen LogP contribution in [-0.2, 0) is 6.42 Å². The molecule has 0 unspecified atom stereocenters. The highest BCUT2D eigenvalue weighted by Gasteiger charge is 2.05. The average Bonchev–Trinajstić information content (AvgIpc) is 2.16. The maximum Gasteiger partial charge on any atom is 0.222 e. The summed E-state index contributed by atoms with van der Waals surface area (Å²) in [7, 11) is 0. The molecule has 2 N–H and O–H groups in total. The van der Waals surface area contributed by atoms with Crippen LogP contribution in [0.5, 0.6) is 0 Å². The van der Waals surface area contributed by atoms with E-state index >= 15 is 0 Å². The SMILES string of the molecule is CCc1nc(N)nc2nccnc12. The number of fused-ring (bicyclic) bond motifs is 1. The van der Waals surface area contributed by atoms with E-state index in [4.69, 9.17) is 5.73 Å². The topological polar surface area (TPSA) is 77.6 Å². The van der Waals surface area contributed by atoms with Crippen molar-refractivity contribution in [3.8, 4) is 0 Å². The first-order valence-corrected chi connectivity index (χ1v) is 4.04. The Hall–Kier alpha value is -1.78. The Morgan fingerprint density at radius 3 is 2.77 bits per heavy atom. The van der Waals surface area contributed by atoms with Crippen molar-refractivity contribution in [3.05, 3.63) is 18.1 Å². The molecule has 0 aliphatic heterocycles. The molecule has 13 heavy (non-hydrogen) atoms. The monoisotopic (exact) mass is 175 g/mol. The molecule has 2 aromatic heterocycles. The second-order valence-electron chi connectivity index (χ2n) is 2.61. The minimum Gasteiger partial charge on any atom is -0.368 e. The summed E-state index contributed by atoms with van der Waals surface area (Å²) in [5.41, 5.74) is 7.65. The first-order chi connectivity index (χ1) is 6.31. The summed E-state index contributed by atoms with van der Waals surface area (Å²) in [5, 5.41) is 0. The van der Waals surface area contributed by atoms with Gasteiger partial charge in [-0.3, -0.25) is 0 Å². The third-order valence-corrected chi connectivity index (χ3v) is 1.76. The summed E-state index contributed by atoms with van der Waals surface area (Å²) in [5.74, 6) is 0.254. The number of hydrogen-bond donors (Lipinski definition) is 1. The molecular weight excluding hydrogens is 166 g/mol. The lowest BCUT2D eigenvalue weighted by Gasteiger charge is -2.01. The van der Waals surface area contributed by atoms with Crippen molar-refractivity contribution in [2.45, 2.75) is 13.3 Å². The van der Waals surface area contributed by atoms with E-state index in [1.54, 1.807) is 12.4 Å². The molecule has 2 aromatic rings. The van der Waals surface area contributed by atoms with E-state index in [0.717, 1.165) is 17.6 Å². The number of aryl methyl sites for hydroxylation is 1. The van der Waals surface area contributed by atoms with Crippen LogP contribution in [0.2, 0.25) is 0 Å². The van der Waals surface area contributed by atoms with Gasteiger partial charge in [-0.2, -0.15) is 4.98 Å². The van der Waals surface area contributed by atoms with Crippen LogP contribution < -0.4 is 5.73 Å². The molecule has 0 bridgehead atoms. The molecule has 0 saturated heterocycles. The zero-order valence-corrected chi connectivity index (χ0v) is 7.23. The standard InChI is InChI=1S/C8H9N5/c1-2-5-6-7(11-4-3-10-6)13-8(9)12-5/h3-4H,2H2,1H3,(H2,9,11,12,13). The van der Waals surface area contributed by atoms with E-state index in [9.17, 15) is 0 Å². The van der Waals surface area contributed by atoms with Crippen LogP contribution >= 0.6 is 0 Å². The van der Waals surface area contributed by atoms with Gasteiger partial charge in [0.1, 0.15) is 5.52 Å². The predicted octanol–water partition coefficient (Wildman–Crippen LogP) is 0.564. The first-order valence-electron chi connectivity index (χ1n) is 4.04. The molecule has 0 amide bonds. The molecule has 0 aliphatic carbocycles. The van der Waals surface area contributed by atoms with E-state index in [1.165, 1.54) is 0 Å². The van der Waals surface area contributed by atoms with E-state index in [1.807, 2.05) is 6.92 Å². The third kappa shape index (κ3) is 1.28. The fourth-order valence-electron chi connectivity index (χ4n) is 1.19. The highest BCUT2D eigenvalue weighted by Crippen LogP contribution is 2.11. The van der Waals surface area contributed by atoms with Crippen LogP contribution in [0.15, 0.2) is 12.4 Å². The van der Waals surface area contributed by atoms with Crippen LogP contribution in [0.4, 0.5) is 5.95 Å². The van der Waals surface area contributed by atoms with Crippen LogP contribution in [0.3, 0.4) is 0 Å². The summed E-state index contributed by atoms with van der Waals surface area (Å²) in [6.45, 7) is 2.00. The smallest absolute Gasteiger partial charge is 0.222 e. The minimum absolute atomic E-state index is 0.254. The molecular formula is C8H9N5. The molecule has 0 aliphatic rings. The summed E-state index contributed by atoms with van der Waals surface area (Å²) in [6, 6.07) is 0. The molecule has 0 atom stereocenters. The van der Waals surface area contributed by atoms with E-state index in [2.05, 4.69) is 19.9 Å². The van der Waals surface area contributed by atoms with Crippen molar-refractivity contribution < 1.29 is 0 Å². The molecule has 66 valence electrons. The normalized spacial score (nSPS) is 10.5. The first kappa shape index (κ1) is 7.85. The number of anilines is 1. The summed E-state index contributed by atoms with van der Waals surface area (Å²) >= 11 is 0. The fourth-order valence-corrected chi connectivity index (χ4v) is 1.19. The van der Waals surface area contributed by atoms with E-state index < -0.39 is 0 Å². The highest BCUT2D eigenvalue weighted by atomic mass is 15.0. The Morgan fingerprint density at radius 2 is 2.00 bits per heavy atom. The van der Waals surface area contributed by atoms with Crippen molar-refractivity contribution in [2.75, 3.05) is 5.73 Å². The van der Waals surface area contributed by atoms with Gasteiger partial charge in [0.2, 0.25) is 5.95 Å². The average molecular weight is 175 g/mol. The van der Waals surface area contributed by atoms with Gasteiger partial charge < -0.3 is 5.73 Å².